The summed E-state index contributed by atoms with van der Waals surface area (Å²) in [5.74, 6) is 2.15. The van der Waals surface area contributed by atoms with Crippen molar-refractivity contribution in [3.63, 3.8) is 0 Å². The number of benzene rings is 5. The van der Waals surface area contributed by atoms with E-state index in [1.54, 1.807) is 23.9 Å². The maximum atomic E-state index is 12.9. The number of nitrogens with zero attached hydrogens (tertiary/aromatic N) is 2. The smallest absolute Gasteiger partial charge is 0.319 e. The van der Waals surface area contributed by atoms with Crippen molar-refractivity contribution < 1.29 is 24.1 Å². The van der Waals surface area contributed by atoms with Crippen LogP contribution in [0.3, 0.4) is 0 Å². The predicted octanol–water partition coefficient (Wildman–Crippen LogP) is 8.66. The Bertz CT molecular complexity index is 2030. The zero-order valence-corrected chi connectivity index (χ0v) is 29.3. The number of nitrogens with one attached hydrogen (secondary N) is 3. The van der Waals surface area contributed by atoms with E-state index in [2.05, 4.69) is 44.9 Å². The lowest BCUT2D eigenvalue weighted by molar-refractivity contribution is -0.268. The van der Waals surface area contributed by atoms with Crippen molar-refractivity contribution >= 4 is 23.5 Å². The zero-order valence-electron chi connectivity index (χ0n) is 28.5. The van der Waals surface area contributed by atoms with Gasteiger partial charge < -0.3 is 30.0 Å². The van der Waals surface area contributed by atoms with Crippen LogP contribution in [0.25, 0.3) is 11.1 Å². The molecule has 0 radical (unpaired) electrons. The summed E-state index contributed by atoms with van der Waals surface area (Å²) in [6.07, 6.45) is 0.561. The van der Waals surface area contributed by atoms with Crippen molar-refractivity contribution in [3.05, 3.63) is 156 Å². The minimum absolute atomic E-state index is 0.0111. The highest BCUT2D eigenvalue weighted by atomic mass is 32.2. The zero-order chi connectivity index (χ0) is 35.7. The highest BCUT2D eigenvalue weighted by Crippen LogP contribution is 2.43. The first-order valence-corrected chi connectivity index (χ1v) is 18.1. The van der Waals surface area contributed by atoms with E-state index in [1.807, 2.05) is 103 Å². The number of carbonyl (C=O) groups is 1. The molecule has 264 valence electrons. The minimum atomic E-state index is -0.590. The number of amides is 2. The molecule has 10 nitrogen and oxygen atoms in total. The molecule has 0 spiro atoms. The second kappa shape index (κ2) is 16.7. The fraction of sp³-hybridized carbons (Fsp3) is 0.195. The van der Waals surface area contributed by atoms with Crippen molar-refractivity contribution in [1.29, 1.82) is 0 Å². The number of H-pyrrole nitrogens is 1. The van der Waals surface area contributed by atoms with E-state index in [-0.39, 0.29) is 30.8 Å². The van der Waals surface area contributed by atoms with E-state index >= 15 is 0 Å². The summed E-state index contributed by atoms with van der Waals surface area (Å²) in [5, 5.41) is 23.1. The van der Waals surface area contributed by atoms with Crippen LogP contribution in [0.15, 0.2) is 139 Å². The van der Waals surface area contributed by atoms with E-state index in [9.17, 15) is 9.90 Å². The van der Waals surface area contributed by atoms with Crippen LogP contribution in [0.1, 0.15) is 41.6 Å². The molecule has 0 saturated carbocycles. The number of ether oxygens (including phenoxy) is 3. The van der Waals surface area contributed by atoms with Crippen LogP contribution in [-0.2, 0) is 22.6 Å². The molecule has 7 rings (SSSR count). The normalized spacial score (nSPS) is 18.4. The molecular weight excluding hydrogens is 675 g/mol. The predicted molar refractivity (Wildman–Crippen MR) is 201 cm³/mol. The quantitative estimate of drug-likeness (QED) is 0.0928. The summed E-state index contributed by atoms with van der Waals surface area (Å²) < 4.78 is 19.1. The molecule has 52 heavy (non-hydrogen) atoms. The molecule has 0 bridgehead atoms. The molecule has 4 N–H and O–H groups in total. The van der Waals surface area contributed by atoms with Gasteiger partial charge in [0.25, 0.3) is 0 Å². The molecule has 2 amide bonds. The topological polar surface area (TPSA) is 131 Å². The van der Waals surface area contributed by atoms with Crippen LogP contribution >= 0.6 is 11.8 Å². The van der Waals surface area contributed by atoms with Gasteiger partial charge in [0.05, 0.1) is 18.8 Å². The number of anilines is 1. The Kier molecular flexibility index (Phi) is 11.2. The molecule has 0 aliphatic carbocycles. The van der Waals surface area contributed by atoms with Crippen LogP contribution in [-0.4, -0.2) is 38.2 Å². The fourth-order valence-corrected chi connectivity index (χ4v) is 7.04. The van der Waals surface area contributed by atoms with E-state index in [4.69, 9.17) is 14.2 Å². The second-order valence-corrected chi connectivity index (χ2v) is 13.5. The van der Waals surface area contributed by atoms with Gasteiger partial charge >= 0.3 is 6.03 Å². The average molecular weight is 714 g/mol. The average Bonchev–Trinajstić information content (AvgIpc) is 3.72. The number of para-hydroxylation sites is 1. The Morgan fingerprint density at radius 3 is 2.29 bits per heavy atom. The summed E-state index contributed by atoms with van der Waals surface area (Å²) in [7, 11) is 0. The lowest BCUT2D eigenvalue weighted by atomic mass is 9.91. The molecular formula is C41H39N5O5S. The number of aliphatic hydroxyl groups excluding tert-OH is 1. The van der Waals surface area contributed by atoms with Crippen LogP contribution in [0.2, 0.25) is 0 Å². The fourth-order valence-electron chi connectivity index (χ4n) is 6.09. The van der Waals surface area contributed by atoms with Gasteiger partial charge in [0.2, 0.25) is 0 Å². The van der Waals surface area contributed by atoms with Crippen LogP contribution in [0.4, 0.5) is 10.5 Å². The molecule has 0 unspecified atom stereocenters. The summed E-state index contributed by atoms with van der Waals surface area (Å²) in [6.45, 7) is 2.47. The van der Waals surface area contributed by atoms with Crippen molar-refractivity contribution in [3.8, 4) is 22.6 Å². The number of aromatic amines is 1. The third kappa shape index (κ3) is 8.70. The Labute approximate surface area is 306 Å². The van der Waals surface area contributed by atoms with E-state index < -0.39 is 6.29 Å². The first-order valence-electron chi connectivity index (χ1n) is 17.1. The third-order valence-electron chi connectivity index (χ3n) is 8.94. The second-order valence-electron chi connectivity index (χ2n) is 12.4. The van der Waals surface area contributed by atoms with Crippen LogP contribution in [0, 0.1) is 5.92 Å². The van der Waals surface area contributed by atoms with Gasteiger partial charge in [-0.2, -0.15) is 5.10 Å². The number of hydrogen-bond donors (Lipinski definition) is 4. The van der Waals surface area contributed by atoms with Gasteiger partial charge in [0.15, 0.2) is 11.4 Å². The summed E-state index contributed by atoms with van der Waals surface area (Å²) in [4.78, 5) is 17.1. The minimum Gasteiger partial charge on any atom is -0.457 e. The molecule has 1 aromatic heterocycles. The summed E-state index contributed by atoms with van der Waals surface area (Å²) in [5.41, 5.74) is 6.44. The maximum Gasteiger partial charge on any atom is 0.319 e. The maximum absolute atomic E-state index is 12.9. The van der Waals surface area contributed by atoms with Crippen molar-refractivity contribution in [1.82, 2.24) is 20.5 Å². The lowest BCUT2D eigenvalue weighted by Crippen LogP contribution is -2.38. The third-order valence-corrected chi connectivity index (χ3v) is 9.91. The Balaban J connectivity index is 1.01. The van der Waals surface area contributed by atoms with E-state index in [0.717, 1.165) is 44.3 Å². The van der Waals surface area contributed by atoms with Gasteiger partial charge in [0.1, 0.15) is 17.8 Å². The molecule has 1 aliphatic heterocycles. The Morgan fingerprint density at radius 2 is 1.56 bits per heavy atom. The van der Waals surface area contributed by atoms with Gasteiger partial charge in [0, 0.05) is 29.5 Å². The number of aromatic nitrogens is 3. The lowest BCUT2D eigenvalue weighted by Gasteiger charge is -2.41. The molecule has 4 atom stereocenters. The largest absolute Gasteiger partial charge is 0.457 e. The molecule has 11 heteroatoms. The highest BCUT2D eigenvalue weighted by Gasteiger charge is 2.38. The van der Waals surface area contributed by atoms with Gasteiger partial charge in [-0.3, -0.25) is 5.10 Å². The number of urea groups is 1. The number of carbonyl (C=O) groups excluding carboxylic acids is 1. The number of hydrogen-bond acceptors (Lipinski definition) is 8. The van der Waals surface area contributed by atoms with Crippen LogP contribution in [0.5, 0.6) is 11.5 Å². The molecule has 2 heterocycles. The number of rotatable bonds is 12. The summed E-state index contributed by atoms with van der Waals surface area (Å²) in [6, 6.07) is 40.6. The van der Waals surface area contributed by atoms with Gasteiger partial charge in [-0.25, -0.2) is 9.78 Å². The standard InChI is InChI=1S/C41H39N5O5S/c1-27-37(25-52-41-43-26-44-46-41)50-39(51-38(27)30-13-11-28(24-47)12-14-30)31-17-15-29(16-18-31)36-10-6-5-7-32(36)23-42-40(48)45-33-19-21-35(22-20-33)49-34-8-3-2-4-9-34/h2-22,26-27,37-39,47H,23-25H2,1H3,(H2,42,45,48)(H,43,44,46)/t27-,37+,38+,39+/m0/s1. The molecule has 6 aromatic rings. The molecule has 1 saturated heterocycles. The Morgan fingerprint density at radius 1 is 0.846 bits per heavy atom. The van der Waals surface area contributed by atoms with Gasteiger partial charge in [-0.05, 0) is 64.2 Å². The number of thioether (sulfide) groups is 1. The van der Waals surface area contributed by atoms with Crippen LogP contribution < -0.4 is 15.4 Å². The summed E-state index contributed by atoms with van der Waals surface area (Å²) >= 11 is 1.56. The van der Waals surface area contributed by atoms with E-state index in [0.29, 0.717) is 23.7 Å². The van der Waals surface area contributed by atoms with Crippen molar-refractivity contribution in [2.24, 2.45) is 5.92 Å². The Hall–Kier alpha value is -5.46. The monoisotopic (exact) mass is 713 g/mol. The number of aliphatic hydroxyl groups is 1. The molecule has 1 fully saturated rings. The highest BCUT2D eigenvalue weighted by molar-refractivity contribution is 7.99. The molecule has 5 aromatic carbocycles. The van der Waals surface area contributed by atoms with E-state index in [1.165, 1.54) is 6.33 Å². The first-order chi connectivity index (χ1) is 25.5. The van der Waals surface area contributed by atoms with Gasteiger partial charge in [-0.15, -0.1) is 0 Å². The van der Waals surface area contributed by atoms with Crippen molar-refractivity contribution in [2.45, 2.75) is 43.7 Å². The van der Waals surface area contributed by atoms with Gasteiger partial charge in [-0.1, -0.05) is 110 Å². The van der Waals surface area contributed by atoms with Crippen molar-refractivity contribution in [2.75, 3.05) is 11.1 Å². The first kappa shape index (κ1) is 35.0. The SMILES string of the molecule is C[C@H]1[C@@H](CSc2ncn[nH]2)O[C@@H](c2ccc(-c3ccccc3CNC(=O)Nc3ccc(Oc4ccccc4)cc3)cc2)O[C@H]1c1ccc(CO)cc1. The molecule has 1 aliphatic rings.